The fourth-order valence-electron chi connectivity index (χ4n) is 1.81. The van der Waals surface area contributed by atoms with Crippen molar-refractivity contribution in [1.82, 2.24) is 0 Å². The van der Waals surface area contributed by atoms with Crippen LogP contribution in [0.15, 0.2) is 24.5 Å². The molecular formula is C12H9NO2S. The lowest BCUT2D eigenvalue weighted by Crippen LogP contribution is -2.07. The molecule has 1 amide bonds. The summed E-state index contributed by atoms with van der Waals surface area (Å²) in [7, 11) is 0. The van der Waals surface area contributed by atoms with E-state index in [9.17, 15) is 4.79 Å². The van der Waals surface area contributed by atoms with Gasteiger partial charge in [-0.1, -0.05) is 0 Å². The van der Waals surface area contributed by atoms with Crippen LogP contribution in [-0.4, -0.2) is 5.91 Å². The third kappa shape index (κ3) is 1.39. The lowest BCUT2D eigenvalue weighted by molar-refractivity contribution is 0.100. The topological polar surface area (TPSA) is 52.3 Å². The maximum atomic E-state index is 11.1. The Morgan fingerprint density at radius 1 is 1.38 bits per heavy atom. The summed E-state index contributed by atoms with van der Waals surface area (Å²) in [6.07, 6.45) is 3.62. The zero-order valence-corrected chi connectivity index (χ0v) is 9.21. The minimum Gasteiger partial charge on any atom is -0.496 e. The second kappa shape index (κ2) is 3.35. The zero-order valence-electron chi connectivity index (χ0n) is 8.40. The fourth-order valence-corrected chi connectivity index (χ4v) is 2.77. The van der Waals surface area contributed by atoms with Crippen molar-refractivity contribution in [3.63, 3.8) is 0 Å². The van der Waals surface area contributed by atoms with Crippen LogP contribution in [0.3, 0.4) is 0 Å². The van der Waals surface area contributed by atoms with Gasteiger partial charge in [-0.15, -0.1) is 11.3 Å². The van der Waals surface area contributed by atoms with Crippen molar-refractivity contribution in [2.45, 2.75) is 6.61 Å². The number of carbonyl (C=O) groups is 1. The Bertz CT molecular complexity index is 613. The van der Waals surface area contributed by atoms with Crippen molar-refractivity contribution in [3.8, 4) is 0 Å². The van der Waals surface area contributed by atoms with E-state index in [4.69, 9.17) is 10.5 Å². The number of benzene rings is 1. The van der Waals surface area contributed by atoms with Crippen LogP contribution in [0.2, 0.25) is 0 Å². The van der Waals surface area contributed by atoms with Crippen LogP contribution in [0, 0.1) is 0 Å². The molecule has 0 saturated carbocycles. The molecule has 4 heteroatoms. The summed E-state index contributed by atoms with van der Waals surface area (Å²) in [6, 6.07) is 5.96. The molecule has 2 heterocycles. The number of hydrogen-bond acceptors (Lipinski definition) is 3. The lowest BCUT2D eigenvalue weighted by atomic mass is 10.0. The van der Waals surface area contributed by atoms with Crippen LogP contribution in [0.4, 0.5) is 0 Å². The Kier molecular flexibility index (Phi) is 1.97. The number of nitrogens with two attached hydrogens (primary N) is 1. The van der Waals surface area contributed by atoms with Gasteiger partial charge in [-0.2, -0.15) is 0 Å². The van der Waals surface area contributed by atoms with Crippen molar-refractivity contribution in [2.24, 2.45) is 5.73 Å². The third-order valence-corrected chi connectivity index (χ3v) is 3.72. The highest BCUT2D eigenvalue weighted by Crippen LogP contribution is 2.30. The van der Waals surface area contributed by atoms with E-state index < -0.39 is 0 Å². The molecule has 3 rings (SSSR count). The van der Waals surface area contributed by atoms with Crippen molar-refractivity contribution in [2.75, 3.05) is 0 Å². The van der Waals surface area contributed by atoms with E-state index in [0.717, 1.165) is 21.2 Å². The van der Waals surface area contributed by atoms with E-state index in [0.29, 0.717) is 11.5 Å². The molecular weight excluding hydrogens is 222 g/mol. The molecule has 0 radical (unpaired) electrons. The molecule has 3 nitrogen and oxygen atoms in total. The van der Waals surface area contributed by atoms with Gasteiger partial charge in [0.25, 0.3) is 5.91 Å². The first-order chi connectivity index (χ1) is 7.74. The normalized spacial score (nSPS) is 13.5. The molecule has 0 aliphatic carbocycles. The Morgan fingerprint density at radius 3 is 3.06 bits per heavy atom. The van der Waals surface area contributed by atoms with Gasteiger partial charge in [-0.05, 0) is 40.8 Å². The average Bonchev–Trinajstić information content (AvgIpc) is 2.68. The van der Waals surface area contributed by atoms with E-state index >= 15 is 0 Å². The summed E-state index contributed by atoms with van der Waals surface area (Å²) in [6.45, 7) is 0.589. The SMILES string of the molecule is NC(=O)c1cc2cc3c(cc2s1)COC=C3. The van der Waals surface area contributed by atoms with Gasteiger partial charge in [-0.3, -0.25) is 4.79 Å². The highest BCUT2D eigenvalue weighted by molar-refractivity contribution is 7.20. The number of ether oxygens (including phenoxy) is 1. The highest BCUT2D eigenvalue weighted by Gasteiger charge is 2.11. The molecule has 80 valence electrons. The molecule has 1 aromatic carbocycles. The second-order valence-corrected chi connectivity index (χ2v) is 4.76. The fraction of sp³-hybridized carbons (Fsp3) is 0.0833. The van der Waals surface area contributed by atoms with E-state index in [2.05, 4.69) is 12.1 Å². The number of hydrogen-bond donors (Lipinski definition) is 1. The van der Waals surface area contributed by atoms with Crippen molar-refractivity contribution >= 4 is 33.4 Å². The zero-order chi connectivity index (χ0) is 11.1. The van der Waals surface area contributed by atoms with Crippen LogP contribution in [0.25, 0.3) is 16.2 Å². The molecule has 1 aliphatic rings. The van der Waals surface area contributed by atoms with Gasteiger partial charge in [0.15, 0.2) is 0 Å². The van der Waals surface area contributed by atoms with E-state index in [1.54, 1.807) is 6.26 Å². The highest BCUT2D eigenvalue weighted by atomic mass is 32.1. The predicted octanol–water partition coefficient (Wildman–Crippen LogP) is 2.50. The molecule has 0 atom stereocenters. The molecule has 16 heavy (non-hydrogen) atoms. The van der Waals surface area contributed by atoms with Gasteiger partial charge >= 0.3 is 0 Å². The number of primary amides is 1. The quantitative estimate of drug-likeness (QED) is 0.819. The molecule has 0 spiro atoms. The van der Waals surface area contributed by atoms with Crippen LogP contribution in [0.5, 0.6) is 0 Å². The minimum absolute atomic E-state index is 0.369. The van der Waals surface area contributed by atoms with Crippen LogP contribution in [-0.2, 0) is 11.3 Å². The van der Waals surface area contributed by atoms with Crippen molar-refractivity contribution < 1.29 is 9.53 Å². The number of thiophene rings is 1. The Morgan fingerprint density at radius 2 is 2.25 bits per heavy atom. The van der Waals surface area contributed by atoms with Crippen LogP contribution >= 0.6 is 11.3 Å². The Labute approximate surface area is 96.1 Å². The van der Waals surface area contributed by atoms with Gasteiger partial charge < -0.3 is 10.5 Å². The Balaban J connectivity index is 2.24. The van der Waals surface area contributed by atoms with Gasteiger partial charge in [0.2, 0.25) is 0 Å². The van der Waals surface area contributed by atoms with Crippen molar-refractivity contribution in [3.05, 3.63) is 40.5 Å². The first kappa shape index (κ1) is 9.42. The van der Waals surface area contributed by atoms with Crippen molar-refractivity contribution in [1.29, 1.82) is 0 Å². The number of fused-ring (bicyclic) bond motifs is 2. The lowest BCUT2D eigenvalue weighted by Gasteiger charge is -2.11. The predicted molar refractivity (Wildman–Crippen MR) is 64.2 cm³/mol. The van der Waals surface area contributed by atoms with E-state index in [1.807, 2.05) is 12.1 Å². The summed E-state index contributed by atoms with van der Waals surface area (Å²) in [5.74, 6) is -0.369. The summed E-state index contributed by atoms with van der Waals surface area (Å²) in [4.78, 5) is 11.7. The molecule has 0 saturated heterocycles. The Hall–Kier alpha value is -1.81. The minimum atomic E-state index is -0.369. The molecule has 2 aromatic rings. The summed E-state index contributed by atoms with van der Waals surface area (Å²) in [5.41, 5.74) is 7.56. The van der Waals surface area contributed by atoms with Gasteiger partial charge in [0, 0.05) is 4.70 Å². The average molecular weight is 231 g/mol. The first-order valence-electron chi connectivity index (χ1n) is 4.88. The third-order valence-electron chi connectivity index (χ3n) is 2.60. The largest absolute Gasteiger partial charge is 0.496 e. The monoisotopic (exact) mass is 231 g/mol. The maximum absolute atomic E-state index is 11.1. The smallest absolute Gasteiger partial charge is 0.258 e. The molecule has 0 unspecified atom stereocenters. The van der Waals surface area contributed by atoms with Gasteiger partial charge in [0.05, 0.1) is 11.1 Å². The number of carbonyl (C=O) groups excluding carboxylic acids is 1. The maximum Gasteiger partial charge on any atom is 0.258 e. The first-order valence-corrected chi connectivity index (χ1v) is 5.70. The molecule has 0 bridgehead atoms. The van der Waals surface area contributed by atoms with Gasteiger partial charge in [0.1, 0.15) is 6.61 Å². The second-order valence-electron chi connectivity index (χ2n) is 3.68. The van der Waals surface area contributed by atoms with E-state index in [1.165, 1.54) is 11.3 Å². The molecule has 0 fully saturated rings. The molecule has 1 aromatic heterocycles. The summed E-state index contributed by atoms with van der Waals surface area (Å²) < 4.78 is 6.31. The standard InChI is InChI=1S/C12H9NO2S/c13-12(14)11-4-8-3-7-1-2-15-6-9(7)5-10(8)16-11/h1-5H,6H2,(H2,13,14). The van der Waals surface area contributed by atoms with Crippen LogP contribution < -0.4 is 5.73 Å². The number of rotatable bonds is 1. The van der Waals surface area contributed by atoms with E-state index in [-0.39, 0.29) is 5.91 Å². The number of amides is 1. The van der Waals surface area contributed by atoms with Gasteiger partial charge in [-0.25, -0.2) is 0 Å². The molecule has 2 N–H and O–H groups in total. The molecule has 1 aliphatic heterocycles. The van der Waals surface area contributed by atoms with Crippen LogP contribution in [0.1, 0.15) is 20.8 Å². The summed E-state index contributed by atoms with van der Waals surface area (Å²) >= 11 is 1.42. The summed E-state index contributed by atoms with van der Waals surface area (Å²) in [5, 5.41) is 1.06.